The normalized spacial score (nSPS) is 11.8. The largest absolute Gasteiger partial charge is 0.382 e. The quantitative estimate of drug-likeness (QED) is 0.515. The molecule has 1 atom stereocenters. The minimum absolute atomic E-state index is 0.153. The Balaban J connectivity index is 1.84. The second-order valence-corrected chi connectivity index (χ2v) is 7.43. The van der Waals surface area contributed by atoms with E-state index in [1.165, 1.54) is 25.4 Å². The highest BCUT2D eigenvalue weighted by atomic mass is 32.2. The summed E-state index contributed by atoms with van der Waals surface area (Å²) in [5, 5.41) is 2.63. The zero-order valence-electron chi connectivity index (χ0n) is 15.7. The van der Waals surface area contributed by atoms with Crippen LogP contribution in [0.2, 0.25) is 0 Å². The summed E-state index contributed by atoms with van der Waals surface area (Å²) in [6.07, 6.45) is 2.78. The molecule has 29 heavy (non-hydrogen) atoms. The summed E-state index contributed by atoms with van der Waals surface area (Å²) in [7, 11) is -1.52. The van der Waals surface area contributed by atoms with Gasteiger partial charge in [-0.05, 0) is 29.3 Å². The van der Waals surface area contributed by atoms with Gasteiger partial charge in [-0.15, -0.1) is 0 Å². The summed E-state index contributed by atoms with van der Waals surface area (Å²) in [6, 6.07) is 11.8. The first kappa shape index (κ1) is 20.6. The second-order valence-electron chi connectivity index (χ2n) is 6.16. The first-order chi connectivity index (χ1) is 14.0. The third kappa shape index (κ3) is 5.21. The van der Waals surface area contributed by atoms with Crippen molar-refractivity contribution in [2.24, 2.45) is 0 Å². The molecule has 0 saturated heterocycles. The van der Waals surface area contributed by atoms with Gasteiger partial charge in [0.1, 0.15) is 22.6 Å². The number of rotatable bonds is 7. The number of nitrogens with zero attached hydrogens (tertiary/aromatic N) is 2. The van der Waals surface area contributed by atoms with Crippen LogP contribution in [0.5, 0.6) is 0 Å². The van der Waals surface area contributed by atoms with E-state index in [9.17, 15) is 13.4 Å². The fraction of sp³-hybridized carbons (Fsp3) is 0.150. The monoisotopic (exact) mass is 413 g/mol. The average molecular weight is 413 g/mol. The highest BCUT2D eigenvalue weighted by molar-refractivity contribution is 7.83. The zero-order chi connectivity index (χ0) is 20.8. The number of benzene rings is 2. The van der Waals surface area contributed by atoms with E-state index in [-0.39, 0.29) is 11.7 Å². The van der Waals surface area contributed by atoms with Crippen molar-refractivity contribution in [3.63, 3.8) is 0 Å². The number of nitrogen functional groups attached to an aromatic ring is 1. The fourth-order valence-corrected chi connectivity index (χ4v) is 3.73. The number of hydrogen-bond acceptors (Lipinski definition) is 5. The van der Waals surface area contributed by atoms with Crippen LogP contribution >= 0.6 is 0 Å². The number of nitrogens with two attached hydrogens (primary N) is 1. The molecule has 3 aromatic rings. The van der Waals surface area contributed by atoms with Crippen molar-refractivity contribution in [1.29, 1.82) is 0 Å². The van der Waals surface area contributed by atoms with E-state index in [0.717, 1.165) is 0 Å². The molecule has 0 saturated carbocycles. The Morgan fingerprint density at radius 3 is 2.59 bits per heavy atom. The van der Waals surface area contributed by atoms with Crippen LogP contribution in [0.15, 0.2) is 59.8 Å². The van der Waals surface area contributed by atoms with E-state index in [0.29, 0.717) is 40.4 Å². The first-order valence-electron chi connectivity index (χ1n) is 8.82. The third-order valence-corrected chi connectivity index (χ3v) is 5.27. The molecule has 0 aliphatic carbocycles. The van der Waals surface area contributed by atoms with E-state index < -0.39 is 16.8 Å². The number of aromatic nitrogens is 2. The molecule has 0 aliphatic rings. The Morgan fingerprint density at radius 1 is 1.10 bits per heavy atom. The highest BCUT2D eigenvalue weighted by Crippen LogP contribution is 2.30. The Hall–Kier alpha value is -3.17. The van der Waals surface area contributed by atoms with Gasteiger partial charge in [-0.2, -0.15) is 0 Å². The van der Waals surface area contributed by atoms with E-state index in [2.05, 4.69) is 20.0 Å². The number of nitrogens with one attached hydrogen (secondary N) is 2. The van der Waals surface area contributed by atoms with Crippen molar-refractivity contribution in [3.8, 4) is 22.4 Å². The topological polar surface area (TPSA) is 110 Å². The van der Waals surface area contributed by atoms with Crippen LogP contribution in [-0.2, 0) is 15.8 Å². The van der Waals surface area contributed by atoms with Crippen LogP contribution in [0, 0.1) is 5.82 Å². The van der Waals surface area contributed by atoms with Gasteiger partial charge in [-0.3, -0.25) is 9.78 Å². The third-order valence-electron chi connectivity index (χ3n) is 4.05. The predicted octanol–water partition coefficient (Wildman–Crippen LogP) is 2.28. The lowest BCUT2D eigenvalue weighted by atomic mass is 10.0. The molecule has 0 radical (unpaired) electrons. The summed E-state index contributed by atoms with van der Waals surface area (Å²) in [4.78, 5) is 19.5. The SMILES string of the molecule is CC(=O)NCCNS(=O)c1ccccc1-c1ccc(-c2cnc(N)cn2)c(F)c1. The van der Waals surface area contributed by atoms with Crippen LogP contribution in [0.3, 0.4) is 0 Å². The molecule has 0 spiro atoms. The molecule has 1 amide bonds. The number of carbonyl (C=O) groups is 1. The highest BCUT2D eigenvalue weighted by Gasteiger charge is 2.14. The number of hydrogen-bond donors (Lipinski definition) is 3. The molecule has 3 rings (SSSR count). The van der Waals surface area contributed by atoms with Crippen molar-refractivity contribution in [1.82, 2.24) is 20.0 Å². The van der Waals surface area contributed by atoms with E-state index in [1.807, 2.05) is 0 Å². The Bertz CT molecular complexity index is 1040. The predicted molar refractivity (Wildman–Crippen MR) is 110 cm³/mol. The maximum absolute atomic E-state index is 14.7. The van der Waals surface area contributed by atoms with E-state index >= 15 is 0 Å². The first-order valence-corrected chi connectivity index (χ1v) is 9.97. The molecule has 1 unspecified atom stereocenters. The average Bonchev–Trinajstić information content (AvgIpc) is 2.71. The summed E-state index contributed by atoms with van der Waals surface area (Å²) in [5.74, 6) is -0.367. The maximum Gasteiger partial charge on any atom is 0.216 e. The molecule has 0 bridgehead atoms. The fourth-order valence-electron chi connectivity index (χ4n) is 2.69. The van der Waals surface area contributed by atoms with Gasteiger partial charge in [-0.25, -0.2) is 18.3 Å². The summed E-state index contributed by atoms with van der Waals surface area (Å²) in [5.41, 5.74) is 7.43. The molecule has 150 valence electrons. The molecule has 7 nitrogen and oxygen atoms in total. The number of halogens is 1. The molecular weight excluding hydrogens is 393 g/mol. The minimum atomic E-state index is -1.52. The lowest BCUT2D eigenvalue weighted by Gasteiger charge is -2.12. The van der Waals surface area contributed by atoms with Gasteiger partial charge in [-0.1, -0.05) is 24.3 Å². The van der Waals surface area contributed by atoms with Crippen molar-refractivity contribution in [2.45, 2.75) is 11.8 Å². The van der Waals surface area contributed by atoms with Crippen molar-refractivity contribution < 1.29 is 13.4 Å². The zero-order valence-corrected chi connectivity index (χ0v) is 16.5. The van der Waals surface area contributed by atoms with Crippen LogP contribution in [0.1, 0.15) is 6.92 Å². The molecule has 4 N–H and O–H groups in total. The van der Waals surface area contributed by atoms with Crippen molar-refractivity contribution in [3.05, 3.63) is 60.7 Å². The van der Waals surface area contributed by atoms with Crippen molar-refractivity contribution in [2.75, 3.05) is 18.8 Å². The van der Waals surface area contributed by atoms with E-state index in [1.54, 1.807) is 36.4 Å². The Morgan fingerprint density at radius 2 is 1.90 bits per heavy atom. The number of amides is 1. The van der Waals surface area contributed by atoms with E-state index in [4.69, 9.17) is 5.73 Å². The van der Waals surface area contributed by atoms with Gasteiger partial charge in [0.25, 0.3) is 0 Å². The smallest absolute Gasteiger partial charge is 0.216 e. The standard InChI is InChI=1S/C20H20FN5O2S/c1-13(27)23-8-9-26-29(28)19-5-3-2-4-15(19)14-6-7-16(17(21)10-14)18-11-25-20(22)12-24-18/h2-7,10-12,26H,8-9H2,1H3,(H2,22,25)(H,23,27). The van der Waals surface area contributed by atoms with Gasteiger partial charge >= 0.3 is 0 Å². The summed E-state index contributed by atoms with van der Waals surface area (Å²) >= 11 is 0. The van der Waals surface area contributed by atoms with Crippen LogP contribution in [0.25, 0.3) is 22.4 Å². The van der Waals surface area contributed by atoms with Gasteiger partial charge in [0.05, 0.1) is 23.0 Å². The summed E-state index contributed by atoms with van der Waals surface area (Å²) < 4.78 is 30.3. The van der Waals surface area contributed by atoms with Crippen LogP contribution < -0.4 is 15.8 Å². The Labute approximate surface area is 170 Å². The van der Waals surface area contributed by atoms with Gasteiger partial charge < -0.3 is 11.1 Å². The summed E-state index contributed by atoms with van der Waals surface area (Å²) in [6.45, 7) is 2.11. The molecular formula is C20H20FN5O2S. The maximum atomic E-state index is 14.7. The molecule has 2 aromatic carbocycles. The molecule has 1 aromatic heterocycles. The van der Waals surface area contributed by atoms with Crippen molar-refractivity contribution >= 4 is 22.7 Å². The number of carbonyl (C=O) groups excluding carboxylic acids is 1. The lowest BCUT2D eigenvalue weighted by Crippen LogP contribution is -2.31. The van der Waals surface area contributed by atoms with Crippen LogP contribution in [0.4, 0.5) is 10.2 Å². The van der Waals surface area contributed by atoms with Gasteiger partial charge in [0.2, 0.25) is 5.91 Å². The molecule has 0 aliphatic heterocycles. The molecule has 9 heteroatoms. The lowest BCUT2D eigenvalue weighted by molar-refractivity contribution is -0.118. The minimum Gasteiger partial charge on any atom is -0.382 e. The van der Waals surface area contributed by atoms with Gasteiger partial charge in [0.15, 0.2) is 0 Å². The Kier molecular flexibility index (Phi) is 6.63. The molecule has 0 fully saturated rings. The molecule has 1 heterocycles. The van der Waals surface area contributed by atoms with Gasteiger partial charge in [0, 0.05) is 25.6 Å². The number of anilines is 1. The van der Waals surface area contributed by atoms with Crippen LogP contribution in [-0.4, -0.2) is 33.2 Å². The second kappa shape index (κ2) is 9.35.